The van der Waals surface area contributed by atoms with Gasteiger partial charge in [0.05, 0.1) is 19.8 Å². The van der Waals surface area contributed by atoms with Crippen molar-refractivity contribution in [2.24, 2.45) is 5.73 Å². The van der Waals surface area contributed by atoms with Gasteiger partial charge in [0.2, 0.25) is 0 Å². The number of phosphoric acid groups is 1. The summed E-state index contributed by atoms with van der Waals surface area (Å²) in [7, 11) is -4.29. The van der Waals surface area contributed by atoms with E-state index in [9.17, 15) is 14.3 Å². The molecule has 0 saturated heterocycles. The molecular formula is C47H82NO7P. The monoisotopic (exact) mass is 804 g/mol. The highest BCUT2D eigenvalue weighted by Crippen LogP contribution is 2.43. The summed E-state index contributed by atoms with van der Waals surface area (Å²) in [5, 5.41) is 0. The first-order valence-corrected chi connectivity index (χ1v) is 23.6. The highest BCUT2D eigenvalue weighted by Gasteiger charge is 2.25. The number of ether oxygens (including phenoxy) is 2. The van der Waals surface area contributed by atoms with Gasteiger partial charge in [-0.05, 0) is 89.9 Å². The van der Waals surface area contributed by atoms with Gasteiger partial charge in [-0.15, -0.1) is 0 Å². The van der Waals surface area contributed by atoms with Crippen molar-refractivity contribution < 1.29 is 32.8 Å². The molecule has 56 heavy (non-hydrogen) atoms. The third kappa shape index (κ3) is 42.8. The minimum absolute atomic E-state index is 0.0903. The van der Waals surface area contributed by atoms with Crippen molar-refractivity contribution in [2.75, 3.05) is 33.0 Å². The summed E-state index contributed by atoms with van der Waals surface area (Å²) in [5.74, 6) is -0.360. The van der Waals surface area contributed by atoms with Gasteiger partial charge in [0.1, 0.15) is 6.10 Å². The fourth-order valence-corrected chi connectivity index (χ4v) is 6.35. The molecule has 0 fully saturated rings. The first-order chi connectivity index (χ1) is 27.4. The topological polar surface area (TPSA) is 117 Å². The number of hydrogen-bond donors (Lipinski definition) is 2. The quantitative estimate of drug-likeness (QED) is 0.0272. The Morgan fingerprint density at radius 3 is 1.52 bits per heavy atom. The number of hydrogen-bond acceptors (Lipinski definition) is 7. The van der Waals surface area contributed by atoms with E-state index in [2.05, 4.69) is 98.9 Å². The molecule has 0 rings (SSSR count). The van der Waals surface area contributed by atoms with E-state index in [4.69, 9.17) is 24.3 Å². The molecular weight excluding hydrogens is 721 g/mol. The number of nitrogens with two attached hydrogens (primary N) is 1. The van der Waals surface area contributed by atoms with Gasteiger partial charge in [-0.25, -0.2) is 4.57 Å². The molecule has 0 aliphatic carbocycles. The SMILES string of the molecule is CC/C=C\C/C=C\C/C=C\C/C=C\C/C=C\C/C=C\CCCCCCC(=O)OC(COCCCCCCCC/C=C\CCCCCC)COP(=O)(O)OCCN. The van der Waals surface area contributed by atoms with Crippen LogP contribution in [0.15, 0.2) is 85.1 Å². The normalized spacial score (nSPS) is 14.3. The zero-order valence-electron chi connectivity index (χ0n) is 35.6. The summed E-state index contributed by atoms with van der Waals surface area (Å²) in [6.07, 6.45) is 56.0. The van der Waals surface area contributed by atoms with E-state index in [1.54, 1.807) is 0 Å². The van der Waals surface area contributed by atoms with E-state index in [1.807, 2.05) is 0 Å². The van der Waals surface area contributed by atoms with Crippen molar-refractivity contribution in [2.45, 2.75) is 174 Å². The van der Waals surface area contributed by atoms with Gasteiger partial charge in [0, 0.05) is 19.6 Å². The molecule has 2 atom stereocenters. The molecule has 0 aromatic heterocycles. The van der Waals surface area contributed by atoms with Crippen LogP contribution in [-0.4, -0.2) is 49.9 Å². The second kappa shape index (κ2) is 43.8. The molecule has 2 unspecified atom stereocenters. The van der Waals surface area contributed by atoms with Crippen LogP contribution in [0.25, 0.3) is 0 Å². The minimum Gasteiger partial charge on any atom is -0.457 e. The van der Waals surface area contributed by atoms with E-state index in [-0.39, 0.29) is 38.8 Å². The van der Waals surface area contributed by atoms with Gasteiger partial charge >= 0.3 is 13.8 Å². The molecule has 0 radical (unpaired) electrons. The Balaban J connectivity index is 4.11. The molecule has 0 spiro atoms. The predicted octanol–water partition coefficient (Wildman–Crippen LogP) is 13.3. The Morgan fingerprint density at radius 1 is 0.554 bits per heavy atom. The van der Waals surface area contributed by atoms with Crippen LogP contribution in [-0.2, 0) is 27.9 Å². The summed E-state index contributed by atoms with van der Waals surface area (Å²) >= 11 is 0. The number of allylic oxidation sites excluding steroid dienone is 14. The van der Waals surface area contributed by atoms with Crippen LogP contribution in [0, 0.1) is 0 Å². The van der Waals surface area contributed by atoms with Crippen LogP contribution in [0.1, 0.15) is 168 Å². The molecule has 0 aliphatic rings. The Bertz CT molecular complexity index is 1130. The molecule has 0 amide bonds. The van der Waals surface area contributed by atoms with Crippen molar-refractivity contribution in [3.05, 3.63) is 85.1 Å². The summed E-state index contributed by atoms with van der Waals surface area (Å²) in [6.45, 7) is 4.72. The zero-order valence-corrected chi connectivity index (χ0v) is 36.5. The number of phosphoric ester groups is 1. The molecule has 0 saturated carbocycles. The van der Waals surface area contributed by atoms with Crippen LogP contribution in [0.5, 0.6) is 0 Å². The van der Waals surface area contributed by atoms with E-state index in [0.717, 1.165) is 83.5 Å². The minimum atomic E-state index is -4.29. The Hall–Kier alpha value is -2.32. The van der Waals surface area contributed by atoms with Gasteiger partial charge < -0.3 is 20.1 Å². The van der Waals surface area contributed by atoms with E-state index < -0.39 is 13.9 Å². The average Bonchev–Trinajstić information content (AvgIpc) is 3.19. The maximum Gasteiger partial charge on any atom is 0.472 e. The number of carbonyl (C=O) groups is 1. The molecule has 0 aliphatic heterocycles. The lowest BCUT2D eigenvalue weighted by atomic mass is 10.1. The maximum absolute atomic E-state index is 12.6. The molecule has 0 bridgehead atoms. The summed E-state index contributed by atoms with van der Waals surface area (Å²) in [6, 6.07) is 0. The number of carbonyl (C=O) groups excluding carboxylic acids is 1. The summed E-state index contributed by atoms with van der Waals surface area (Å²) in [4.78, 5) is 22.5. The molecule has 322 valence electrons. The third-order valence-corrected chi connectivity index (χ3v) is 9.78. The van der Waals surface area contributed by atoms with Crippen LogP contribution >= 0.6 is 7.82 Å². The second-order valence-corrected chi connectivity index (χ2v) is 15.6. The third-order valence-electron chi connectivity index (χ3n) is 8.80. The molecule has 8 nitrogen and oxygen atoms in total. The molecule has 0 aromatic rings. The molecule has 0 heterocycles. The van der Waals surface area contributed by atoms with Crippen LogP contribution in [0.2, 0.25) is 0 Å². The lowest BCUT2D eigenvalue weighted by Gasteiger charge is -2.20. The maximum atomic E-state index is 12.6. The largest absolute Gasteiger partial charge is 0.472 e. The first-order valence-electron chi connectivity index (χ1n) is 22.1. The zero-order chi connectivity index (χ0) is 40.9. The summed E-state index contributed by atoms with van der Waals surface area (Å²) < 4.78 is 33.4. The Morgan fingerprint density at radius 2 is 1.00 bits per heavy atom. The number of rotatable bonds is 41. The van der Waals surface area contributed by atoms with Crippen molar-refractivity contribution in [3.8, 4) is 0 Å². The highest BCUT2D eigenvalue weighted by molar-refractivity contribution is 7.47. The lowest BCUT2D eigenvalue weighted by molar-refractivity contribution is -0.154. The molecule has 0 aromatic carbocycles. The Kier molecular flexibility index (Phi) is 42.0. The van der Waals surface area contributed by atoms with Crippen LogP contribution < -0.4 is 5.73 Å². The van der Waals surface area contributed by atoms with Crippen molar-refractivity contribution >= 4 is 13.8 Å². The van der Waals surface area contributed by atoms with Gasteiger partial charge in [0.15, 0.2) is 0 Å². The molecule has 9 heteroatoms. The predicted molar refractivity (Wildman–Crippen MR) is 238 cm³/mol. The van der Waals surface area contributed by atoms with Crippen molar-refractivity contribution in [3.63, 3.8) is 0 Å². The van der Waals surface area contributed by atoms with Gasteiger partial charge in [-0.2, -0.15) is 0 Å². The van der Waals surface area contributed by atoms with E-state index in [0.29, 0.717) is 6.61 Å². The standard InChI is InChI=1S/C47H82NO7P/c1-3-5-7-9-11-13-15-17-19-20-21-22-23-24-25-26-27-28-30-32-34-36-38-40-47(49)55-46(45-54-56(50,51)53-43-41-48)44-52-42-39-37-35-33-31-29-18-16-14-12-10-8-6-4-2/h5,7,11,13-14,16-17,19,21-22,24-25,27-28,46H,3-4,6,8-10,12,15,18,20,23,26,29-45,48H2,1-2H3,(H,50,51)/b7-5-,13-11-,16-14-,19-17-,22-21-,25-24-,28-27-. The fraction of sp³-hybridized carbons (Fsp3) is 0.681. The van der Waals surface area contributed by atoms with Crippen molar-refractivity contribution in [1.29, 1.82) is 0 Å². The lowest BCUT2D eigenvalue weighted by Crippen LogP contribution is -2.28. The first kappa shape index (κ1) is 53.7. The number of unbranched alkanes of at least 4 members (excludes halogenated alkanes) is 14. The highest BCUT2D eigenvalue weighted by atomic mass is 31.2. The van der Waals surface area contributed by atoms with E-state index >= 15 is 0 Å². The van der Waals surface area contributed by atoms with Gasteiger partial charge in [0.25, 0.3) is 0 Å². The molecule has 3 N–H and O–H groups in total. The average molecular weight is 804 g/mol. The van der Waals surface area contributed by atoms with E-state index in [1.165, 1.54) is 64.2 Å². The fourth-order valence-electron chi connectivity index (χ4n) is 5.58. The van der Waals surface area contributed by atoms with Crippen LogP contribution in [0.4, 0.5) is 0 Å². The second-order valence-electron chi connectivity index (χ2n) is 14.2. The Labute approximate surface area is 343 Å². The van der Waals surface area contributed by atoms with Crippen molar-refractivity contribution in [1.82, 2.24) is 0 Å². The van der Waals surface area contributed by atoms with Gasteiger partial charge in [-0.3, -0.25) is 13.8 Å². The summed E-state index contributed by atoms with van der Waals surface area (Å²) in [5.41, 5.74) is 5.37. The van der Waals surface area contributed by atoms with Crippen LogP contribution in [0.3, 0.4) is 0 Å². The van der Waals surface area contributed by atoms with Gasteiger partial charge in [-0.1, -0.05) is 157 Å². The smallest absolute Gasteiger partial charge is 0.457 e. The number of esters is 1.